The zero-order valence-corrected chi connectivity index (χ0v) is 12.3. The zero-order valence-electron chi connectivity index (χ0n) is 7.78. The van der Waals surface area contributed by atoms with Gasteiger partial charge in [-0.3, -0.25) is 0 Å². The SMILES string of the molecule is ClC1(Cl)C2=C3C=CC(C3)C2C(Cl)(Cl)C1(Cl)Cl. The van der Waals surface area contributed by atoms with Crippen LogP contribution in [0.3, 0.4) is 0 Å². The minimum absolute atomic E-state index is 0.194. The van der Waals surface area contributed by atoms with Crippen molar-refractivity contribution in [1.82, 2.24) is 0 Å². The molecule has 0 radical (unpaired) electrons. The van der Waals surface area contributed by atoms with Gasteiger partial charge in [-0.05, 0) is 23.5 Å². The number of allylic oxidation sites excluding steroid dienone is 4. The molecule has 3 rings (SSSR count). The standard InChI is InChI=1S/C10H6Cl6/c11-8(12)6-4-1-2-5(3-4)7(6)9(13,14)10(8,15)16/h1-2,4,6H,3H2. The van der Waals surface area contributed by atoms with Crippen LogP contribution in [0.4, 0.5) is 0 Å². The van der Waals surface area contributed by atoms with Gasteiger partial charge in [0.15, 0.2) is 13.0 Å². The minimum atomic E-state index is -1.61. The second-order valence-corrected chi connectivity index (χ2v) is 8.46. The smallest absolute Gasteiger partial charge is 0.0975 e. The van der Waals surface area contributed by atoms with Gasteiger partial charge in [-0.25, -0.2) is 0 Å². The first-order chi connectivity index (χ1) is 7.21. The van der Waals surface area contributed by atoms with Gasteiger partial charge in [-0.1, -0.05) is 81.8 Å². The predicted octanol–water partition coefficient (Wildman–Crippen LogP) is 5.02. The highest BCUT2D eigenvalue weighted by Gasteiger charge is 2.75. The number of halogens is 6. The first kappa shape index (κ1) is 12.3. The molecule has 0 aromatic heterocycles. The van der Waals surface area contributed by atoms with Crippen LogP contribution in [0, 0.1) is 11.8 Å². The van der Waals surface area contributed by atoms with E-state index in [4.69, 9.17) is 69.6 Å². The predicted molar refractivity (Wildman–Crippen MR) is 71.1 cm³/mol. The highest BCUT2D eigenvalue weighted by Crippen LogP contribution is 2.73. The topological polar surface area (TPSA) is 0 Å². The normalized spacial score (nSPS) is 40.6. The third kappa shape index (κ3) is 1.13. The van der Waals surface area contributed by atoms with Crippen molar-refractivity contribution in [1.29, 1.82) is 0 Å². The summed E-state index contributed by atoms with van der Waals surface area (Å²) in [7, 11) is 0. The quantitative estimate of drug-likeness (QED) is 0.544. The largest absolute Gasteiger partial charge is 0.188 e. The average molecular weight is 339 g/mol. The first-order valence-electron chi connectivity index (χ1n) is 4.76. The Morgan fingerprint density at radius 2 is 1.69 bits per heavy atom. The maximum absolute atomic E-state index is 6.30. The lowest BCUT2D eigenvalue weighted by atomic mass is 9.91. The molecule has 88 valence electrons. The number of rotatable bonds is 0. The molecule has 3 aliphatic rings. The Kier molecular flexibility index (Phi) is 2.46. The summed E-state index contributed by atoms with van der Waals surface area (Å²) < 4.78 is -4.41. The fraction of sp³-hybridized carbons (Fsp3) is 0.600. The second kappa shape index (κ2) is 3.21. The molecule has 1 saturated carbocycles. The van der Waals surface area contributed by atoms with E-state index >= 15 is 0 Å². The summed E-state index contributed by atoms with van der Waals surface area (Å²) in [6.07, 6.45) is 4.92. The Morgan fingerprint density at radius 1 is 1.06 bits per heavy atom. The van der Waals surface area contributed by atoms with E-state index in [-0.39, 0.29) is 11.8 Å². The van der Waals surface area contributed by atoms with Gasteiger partial charge in [0.1, 0.15) is 0 Å². The fourth-order valence-corrected chi connectivity index (χ4v) is 5.13. The van der Waals surface area contributed by atoms with Gasteiger partial charge >= 0.3 is 0 Å². The van der Waals surface area contributed by atoms with Crippen LogP contribution >= 0.6 is 69.6 Å². The van der Waals surface area contributed by atoms with Gasteiger partial charge in [0.25, 0.3) is 0 Å². The van der Waals surface area contributed by atoms with Gasteiger partial charge in [0.05, 0.1) is 0 Å². The van der Waals surface area contributed by atoms with E-state index in [2.05, 4.69) is 6.08 Å². The van der Waals surface area contributed by atoms with Crippen molar-refractivity contribution < 1.29 is 0 Å². The second-order valence-electron chi connectivity index (χ2n) is 4.42. The van der Waals surface area contributed by atoms with Crippen molar-refractivity contribution in [3.63, 3.8) is 0 Å². The maximum atomic E-state index is 6.30. The molecule has 0 heterocycles. The molecule has 6 heteroatoms. The third-order valence-corrected chi connectivity index (χ3v) is 7.58. The molecule has 0 nitrogen and oxygen atoms in total. The average Bonchev–Trinajstić information content (AvgIpc) is 2.77. The van der Waals surface area contributed by atoms with Crippen LogP contribution in [0.2, 0.25) is 0 Å². The summed E-state index contributed by atoms with van der Waals surface area (Å²) in [6, 6.07) is 0. The summed E-state index contributed by atoms with van der Waals surface area (Å²) in [5.74, 6) is 0.0112. The molecule has 16 heavy (non-hydrogen) atoms. The van der Waals surface area contributed by atoms with Crippen molar-refractivity contribution in [2.75, 3.05) is 0 Å². The number of fused-ring (bicyclic) bond motifs is 4. The molecule has 0 saturated heterocycles. The number of alkyl halides is 6. The summed E-state index contributed by atoms with van der Waals surface area (Å²) in [5.41, 5.74) is 1.85. The maximum Gasteiger partial charge on any atom is 0.188 e. The van der Waals surface area contributed by atoms with E-state index in [1.54, 1.807) is 0 Å². The number of hydrogen-bond acceptors (Lipinski definition) is 0. The minimum Gasteiger partial charge on any atom is -0.0975 e. The highest BCUT2D eigenvalue weighted by molar-refractivity contribution is 6.72. The van der Waals surface area contributed by atoms with Gasteiger partial charge in [0, 0.05) is 5.92 Å². The van der Waals surface area contributed by atoms with Crippen LogP contribution < -0.4 is 0 Å². The van der Waals surface area contributed by atoms with E-state index in [1.807, 2.05) is 6.08 Å². The highest BCUT2D eigenvalue weighted by atomic mass is 35.5. The Balaban J connectivity index is 2.27. The van der Waals surface area contributed by atoms with Crippen LogP contribution in [-0.2, 0) is 0 Å². The lowest BCUT2D eigenvalue weighted by Gasteiger charge is -2.34. The van der Waals surface area contributed by atoms with Crippen molar-refractivity contribution in [2.24, 2.45) is 11.8 Å². The molecule has 0 aromatic carbocycles. The molecule has 3 aliphatic carbocycles. The molecule has 0 aliphatic heterocycles. The Bertz CT molecular complexity index is 431. The molecular weight excluding hydrogens is 333 g/mol. The third-order valence-electron chi connectivity index (χ3n) is 3.63. The van der Waals surface area contributed by atoms with Crippen molar-refractivity contribution in [3.05, 3.63) is 23.3 Å². The van der Waals surface area contributed by atoms with Gasteiger partial charge in [0.2, 0.25) is 0 Å². The van der Waals surface area contributed by atoms with Crippen LogP contribution in [-0.4, -0.2) is 13.0 Å². The summed E-state index contributed by atoms with van der Waals surface area (Å²) >= 11 is 37.5. The molecule has 0 aromatic rings. The molecule has 0 spiro atoms. The first-order valence-corrected chi connectivity index (χ1v) is 7.03. The van der Waals surface area contributed by atoms with Crippen molar-refractivity contribution in [3.8, 4) is 0 Å². The van der Waals surface area contributed by atoms with Crippen LogP contribution in [0.25, 0.3) is 0 Å². The van der Waals surface area contributed by atoms with E-state index in [9.17, 15) is 0 Å². The molecule has 2 atom stereocenters. The van der Waals surface area contributed by atoms with Crippen LogP contribution in [0.15, 0.2) is 23.3 Å². The molecule has 0 N–H and O–H groups in total. The van der Waals surface area contributed by atoms with Crippen LogP contribution in [0.5, 0.6) is 0 Å². The monoisotopic (exact) mass is 336 g/mol. The lowest BCUT2D eigenvalue weighted by molar-refractivity contribution is 0.469. The van der Waals surface area contributed by atoms with E-state index in [0.29, 0.717) is 0 Å². The summed E-state index contributed by atoms with van der Waals surface area (Å²) in [4.78, 5) is 0. The van der Waals surface area contributed by atoms with E-state index in [1.165, 1.54) is 0 Å². The van der Waals surface area contributed by atoms with Crippen LogP contribution in [0.1, 0.15) is 6.42 Å². The van der Waals surface area contributed by atoms with E-state index in [0.717, 1.165) is 17.6 Å². The van der Waals surface area contributed by atoms with Gasteiger partial charge in [-0.2, -0.15) is 0 Å². The molecule has 0 amide bonds. The van der Waals surface area contributed by atoms with Crippen molar-refractivity contribution in [2.45, 2.75) is 19.4 Å². The Morgan fingerprint density at radius 3 is 2.25 bits per heavy atom. The molecule has 2 bridgehead atoms. The molecular formula is C10H6Cl6. The van der Waals surface area contributed by atoms with Crippen molar-refractivity contribution >= 4 is 69.6 Å². The number of hydrogen-bond donors (Lipinski definition) is 0. The van der Waals surface area contributed by atoms with Gasteiger partial charge < -0.3 is 0 Å². The fourth-order valence-electron chi connectivity index (χ4n) is 2.89. The summed E-state index contributed by atoms with van der Waals surface area (Å²) in [6.45, 7) is 0. The summed E-state index contributed by atoms with van der Waals surface area (Å²) in [5, 5.41) is 0. The van der Waals surface area contributed by atoms with Gasteiger partial charge in [-0.15, -0.1) is 0 Å². The zero-order chi connectivity index (χ0) is 11.9. The van der Waals surface area contributed by atoms with E-state index < -0.39 is 13.0 Å². The Labute approximate surface area is 123 Å². The molecule has 1 fully saturated rings. The molecule has 2 unspecified atom stereocenters. The Hall–Kier alpha value is 1.22. The lowest BCUT2D eigenvalue weighted by Crippen LogP contribution is -2.44.